The monoisotopic (exact) mass is 195 g/mol. The van der Waals surface area contributed by atoms with E-state index in [1.54, 1.807) is 4.68 Å². The second-order valence-corrected chi connectivity index (χ2v) is 3.55. The van der Waals surface area contributed by atoms with E-state index in [4.69, 9.17) is 0 Å². The molecule has 5 heteroatoms. The van der Waals surface area contributed by atoms with Crippen LogP contribution >= 0.6 is 0 Å². The number of methoxy groups -OCH3 is 1. The number of rotatable bonds is 2. The van der Waals surface area contributed by atoms with Gasteiger partial charge >= 0.3 is 5.97 Å². The molecule has 0 unspecified atom stereocenters. The predicted octanol–water partition coefficient (Wildman–Crippen LogP) is 0.00150. The number of carbonyl (C=O) groups is 1. The van der Waals surface area contributed by atoms with E-state index in [2.05, 4.69) is 14.7 Å². The normalized spacial score (nSPS) is 15.6. The fourth-order valence-corrected chi connectivity index (χ4v) is 1.65. The van der Waals surface area contributed by atoms with Crippen LogP contribution in [0.3, 0.4) is 0 Å². The Bertz CT molecular complexity index is 335. The second-order valence-electron chi connectivity index (χ2n) is 3.55. The minimum Gasteiger partial charge on any atom is -0.468 e. The van der Waals surface area contributed by atoms with Crippen molar-refractivity contribution in [2.24, 2.45) is 0 Å². The molecule has 5 nitrogen and oxygen atoms in total. The third-order valence-corrected chi connectivity index (χ3v) is 2.30. The summed E-state index contributed by atoms with van der Waals surface area (Å²) in [5.74, 6) is -0.264. The van der Waals surface area contributed by atoms with Crippen LogP contribution in [0.2, 0.25) is 0 Å². The van der Waals surface area contributed by atoms with Gasteiger partial charge in [-0.25, -0.2) is 0 Å². The lowest BCUT2D eigenvalue weighted by molar-refractivity contribution is -0.141. The molecule has 0 fully saturated rings. The van der Waals surface area contributed by atoms with E-state index < -0.39 is 0 Å². The summed E-state index contributed by atoms with van der Waals surface area (Å²) in [6.45, 7) is 1.98. The van der Waals surface area contributed by atoms with Crippen LogP contribution in [-0.4, -0.2) is 34.8 Å². The zero-order valence-corrected chi connectivity index (χ0v) is 8.36. The highest BCUT2D eigenvalue weighted by Gasteiger charge is 2.19. The quantitative estimate of drug-likeness (QED) is 0.623. The topological polar surface area (TPSA) is 47.4 Å². The van der Waals surface area contributed by atoms with Crippen LogP contribution in [0, 0.1) is 0 Å². The van der Waals surface area contributed by atoms with Crippen molar-refractivity contribution in [3.8, 4) is 0 Å². The number of aromatic nitrogens is 2. The molecule has 0 saturated carbocycles. The number of ether oxygens (including phenoxy) is 1. The third-order valence-electron chi connectivity index (χ3n) is 2.30. The molecule has 0 bridgehead atoms. The Labute approximate surface area is 82.3 Å². The first-order valence-corrected chi connectivity index (χ1v) is 4.49. The Morgan fingerprint density at radius 2 is 2.43 bits per heavy atom. The Hall–Kier alpha value is -1.36. The van der Waals surface area contributed by atoms with Gasteiger partial charge in [0.1, 0.15) is 6.54 Å². The molecule has 0 radical (unpaired) electrons. The molecule has 2 heterocycles. The van der Waals surface area contributed by atoms with Gasteiger partial charge in [0.2, 0.25) is 0 Å². The highest BCUT2D eigenvalue weighted by Crippen LogP contribution is 2.18. The molecule has 0 aromatic carbocycles. The Balaban J connectivity index is 2.09. The number of fused-ring (bicyclic) bond motifs is 1. The van der Waals surface area contributed by atoms with Crippen LogP contribution in [0.25, 0.3) is 0 Å². The van der Waals surface area contributed by atoms with E-state index in [1.807, 2.05) is 13.2 Å². The van der Waals surface area contributed by atoms with Gasteiger partial charge in [0.05, 0.1) is 12.8 Å². The van der Waals surface area contributed by atoms with Crippen LogP contribution in [0.1, 0.15) is 11.3 Å². The van der Waals surface area contributed by atoms with Crippen molar-refractivity contribution < 1.29 is 9.53 Å². The van der Waals surface area contributed by atoms with Gasteiger partial charge in [-0.3, -0.25) is 14.4 Å². The van der Waals surface area contributed by atoms with Gasteiger partial charge < -0.3 is 4.74 Å². The number of carbonyl (C=O) groups excluding carboxylic acids is 1. The molecule has 1 aliphatic heterocycles. The molecule has 76 valence electrons. The summed E-state index contributed by atoms with van der Waals surface area (Å²) < 4.78 is 6.21. The van der Waals surface area contributed by atoms with Gasteiger partial charge in [-0.1, -0.05) is 0 Å². The predicted molar refractivity (Wildman–Crippen MR) is 49.4 cm³/mol. The molecule has 2 rings (SSSR count). The molecule has 0 atom stereocenters. The van der Waals surface area contributed by atoms with Crippen molar-refractivity contribution >= 4 is 5.97 Å². The van der Waals surface area contributed by atoms with Gasteiger partial charge in [0.15, 0.2) is 0 Å². The summed E-state index contributed by atoms with van der Waals surface area (Å²) in [6.07, 6.45) is 1.91. The molecule has 0 amide bonds. The maximum absolute atomic E-state index is 11.0. The Kier molecular flexibility index (Phi) is 2.25. The summed E-state index contributed by atoms with van der Waals surface area (Å²) in [5, 5.41) is 4.30. The van der Waals surface area contributed by atoms with Gasteiger partial charge in [-0.2, -0.15) is 5.10 Å². The van der Waals surface area contributed by atoms with Crippen LogP contribution in [0.4, 0.5) is 0 Å². The van der Waals surface area contributed by atoms with Crippen molar-refractivity contribution in [3.05, 3.63) is 17.5 Å². The molecule has 1 aromatic heterocycles. The van der Waals surface area contributed by atoms with Gasteiger partial charge in [0, 0.05) is 24.8 Å². The highest BCUT2D eigenvalue weighted by molar-refractivity contribution is 5.68. The molecule has 1 aromatic rings. The largest absolute Gasteiger partial charge is 0.468 e. The minimum atomic E-state index is -0.264. The maximum atomic E-state index is 11.0. The average molecular weight is 195 g/mol. The summed E-state index contributed by atoms with van der Waals surface area (Å²) in [7, 11) is 3.43. The van der Waals surface area contributed by atoms with E-state index >= 15 is 0 Å². The van der Waals surface area contributed by atoms with E-state index in [9.17, 15) is 4.79 Å². The summed E-state index contributed by atoms with van der Waals surface area (Å²) in [5.41, 5.74) is 2.27. The lowest BCUT2D eigenvalue weighted by Crippen LogP contribution is -2.14. The fraction of sp³-hybridized carbons (Fsp3) is 0.556. The summed E-state index contributed by atoms with van der Waals surface area (Å²) in [6, 6.07) is 0. The van der Waals surface area contributed by atoms with Crippen molar-refractivity contribution in [3.63, 3.8) is 0 Å². The van der Waals surface area contributed by atoms with Crippen molar-refractivity contribution in [1.82, 2.24) is 14.7 Å². The van der Waals surface area contributed by atoms with Crippen LogP contribution in [0.5, 0.6) is 0 Å². The zero-order valence-electron chi connectivity index (χ0n) is 8.36. The molecule has 14 heavy (non-hydrogen) atoms. The lowest BCUT2D eigenvalue weighted by atomic mass is 10.3. The zero-order chi connectivity index (χ0) is 10.1. The number of hydrogen-bond acceptors (Lipinski definition) is 4. The standard InChI is InChI=1S/C9H13N3O2/c1-11-3-7-4-12(6-9(13)14-2)10-8(7)5-11/h4H,3,5-6H2,1-2H3. The first kappa shape index (κ1) is 9.21. The lowest BCUT2D eigenvalue weighted by Gasteiger charge is -2.05. The number of nitrogens with zero attached hydrogens (tertiary/aromatic N) is 3. The average Bonchev–Trinajstić information content (AvgIpc) is 2.60. The molecular weight excluding hydrogens is 182 g/mol. The SMILES string of the molecule is COC(=O)Cn1cc2c(n1)CN(C)C2. The van der Waals surface area contributed by atoms with Crippen LogP contribution < -0.4 is 0 Å². The van der Waals surface area contributed by atoms with Gasteiger partial charge in [-0.15, -0.1) is 0 Å². The van der Waals surface area contributed by atoms with Crippen molar-refractivity contribution in [2.45, 2.75) is 19.6 Å². The first-order chi connectivity index (χ1) is 6.69. The summed E-state index contributed by atoms with van der Waals surface area (Å²) >= 11 is 0. The number of esters is 1. The molecule has 0 aliphatic carbocycles. The van der Waals surface area contributed by atoms with E-state index in [0.717, 1.165) is 18.8 Å². The Morgan fingerprint density at radius 1 is 1.64 bits per heavy atom. The molecule has 0 saturated heterocycles. The van der Waals surface area contributed by atoms with Crippen LogP contribution in [-0.2, 0) is 29.2 Å². The molecule has 1 aliphatic rings. The Morgan fingerprint density at radius 3 is 3.07 bits per heavy atom. The minimum absolute atomic E-state index is 0.202. The third kappa shape index (κ3) is 1.63. The first-order valence-electron chi connectivity index (χ1n) is 4.49. The number of hydrogen-bond donors (Lipinski definition) is 0. The highest BCUT2D eigenvalue weighted by atomic mass is 16.5. The van der Waals surface area contributed by atoms with E-state index in [1.165, 1.54) is 12.7 Å². The second kappa shape index (κ2) is 3.42. The fourth-order valence-electron chi connectivity index (χ4n) is 1.65. The van der Waals surface area contributed by atoms with Crippen molar-refractivity contribution in [1.29, 1.82) is 0 Å². The van der Waals surface area contributed by atoms with E-state index in [0.29, 0.717) is 0 Å². The smallest absolute Gasteiger partial charge is 0.327 e. The molecule has 0 N–H and O–H groups in total. The van der Waals surface area contributed by atoms with Gasteiger partial charge in [0.25, 0.3) is 0 Å². The van der Waals surface area contributed by atoms with Crippen molar-refractivity contribution in [2.75, 3.05) is 14.2 Å². The maximum Gasteiger partial charge on any atom is 0.327 e. The van der Waals surface area contributed by atoms with Crippen LogP contribution in [0.15, 0.2) is 6.20 Å². The van der Waals surface area contributed by atoms with E-state index in [-0.39, 0.29) is 12.5 Å². The van der Waals surface area contributed by atoms with Gasteiger partial charge in [-0.05, 0) is 7.05 Å². The molecule has 0 spiro atoms. The summed E-state index contributed by atoms with van der Waals surface area (Å²) in [4.78, 5) is 13.2. The molecular formula is C9H13N3O2.